The van der Waals surface area contributed by atoms with E-state index >= 15 is 0 Å². The molecule has 0 aliphatic heterocycles. The maximum Gasteiger partial charge on any atom is 0.0947 e. The van der Waals surface area contributed by atoms with E-state index in [9.17, 15) is 0 Å². The van der Waals surface area contributed by atoms with Crippen LogP contribution in [0.5, 0.6) is 0 Å². The predicted molar refractivity (Wildman–Crippen MR) is 67.4 cm³/mol. The molecule has 0 aliphatic rings. The Labute approximate surface area is 98.8 Å². The van der Waals surface area contributed by atoms with Gasteiger partial charge in [0.15, 0.2) is 0 Å². The molecule has 0 amide bonds. The Kier molecular flexibility index (Phi) is 5.03. The largest absolute Gasteiger partial charge is 0.472 e. The number of nitrogens with zero attached hydrogens (tertiary/aromatic N) is 1. The molecule has 0 saturated heterocycles. The van der Waals surface area contributed by atoms with E-state index in [0.717, 1.165) is 26.2 Å². The summed E-state index contributed by atoms with van der Waals surface area (Å²) in [6.45, 7) is 10.9. The molecule has 0 spiro atoms. The maximum atomic E-state index is 5.01. The van der Waals surface area contributed by atoms with Crippen LogP contribution in [0.2, 0.25) is 0 Å². The molecule has 0 bridgehead atoms. The molecule has 92 valence electrons. The van der Waals surface area contributed by atoms with Crippen LogP contribution in [0.25, 0.3) is 0 Å². The number of hydrogen-bond acceptors (Lipinski definition) is 3. The molecule has 1 heterocycles. The number of rotatable bonds is 6. The molecule has 1 aromatic rings. The summed E-state index contributed by atoms with van der Waals surface area (Å²) in [7, 11) is 2.17. The molecule has 0 aliphatic carbocycles. The van der Waals surface area contributed by atoms with Crippen molar-refractivity contribution in [3.05, 3.63) is 24.2 Å². The molecule has 3 heteroatoms. The average molecular weight is 224 g/mol. The van der Waals surface area contributed by atoms with Crippen molar-refractivity contribution in [3.63, 3.8) is 0 Å². The van der Waals surface area contributed by atoms with Crippen LogP contribution in [0, 0.1) is 5.41 Å². The highest BCUT2D eigenvalue weighted by Crippen LogP contribution is 2.13. The van der Waals surface area contributed by atoms with E-state index in [-0.39, 0.29) is 0 Å². The van der Waals surface area contributed by atoms with Gasteiger partial charge in [-0.3, -0.25) is 0 Å². The Morgan fingerprint density at radius 2 is 2.12 bits per heavy atom. The minimum Gasteiger partial charge on any atom is -0.472 e. The van der Waals surface area contributed by atoms with Gasteiger partial charge in [0.2, 0.25) is 0 Å². The first kappa shape index (κ1) is 13.3. The van der Waals surface area contributed by atoms with Gasteiger partial charge in [0.05, 0.1) is 12.5 Å². The van der Waals surface area contributed by atoms with Crippen LogP contribution >= 0.6 is 0 Å². The molecule has 1 rings (SSSR count). The molecule has 3 nitrogen and oxygen atoms in total. The molecule has 1 aromatic heterocycles. The Balaban J connectivity index is 2.07. The summed E-state index contributed by atoms with van der Waals surface area (Å²) in [5.74, 6) is 0. The Morgan fingerprint density at radius 3 is 2.69 bits per heavy atom. The molecule has 0 atom stereocenters. The molecule has 1 N–H and O–H groups in total. The zero-order valence-corrected chi connectivity index (χ0v) is 10.9. The summed E-state index contributed by atoms with van der Waals surface area (Å²) in [5, 5.41) is 3.40. The normalized spacial score (nSPS) is 12.3. The first-order valence-corrected chi connectivity index (χ1v) is 5.88. The van der Waals surface area contributed by atoms with Crippen molar-refractivity contribution < 1.29 is 4.42 Å². The van der Waals surface area contributed by atoms with Crippen LogP contribution in [-0.4, -0.2) is 31.6 Å². The molecule has 0 saturated carbocycles. The van der Waals surface area contributed by atoms with E-state index in [1.54, 1.807) is 12.5 Å². The summed E-state index contributed by atoms with van der Waals surface area (Å²) >= 11 is 0. The molecule has 16 heavy (non-hydrogen) atoms. The van der Waals surface area contributed by atoms with Crippen molar-refractivity contribution in [3.8, 4) is 0 Å². The Morgan fingerprint density at radius 1 is 1.38 bits per heavy atom. The van der Waals surface area contributed by atoms with Crippen LogP contribution in [0.3, 0.4) is 0 Å². The number of hydrogen-bond donors (Lipinski definition) is 1. The van der Waals surface area contributed by atoms with E-state index in [2.05, 4.69) is 38.0 Å². The van der Waals surface area contributed by atoms with E-state index in [4.69, 9.17) is 4.42 Å². The smallest absolute Gasteiger partial charge is 0.0947 e. The second-order valence-electron chi connectivity index (χ2n) is 5.61. The van der Waals surface area contributed by atoms with Gasteiger partial charge in [0, 0.05) is 31.7 Å². The zero-order chi connectivity index (χ0) is 12.0. The fourth-order valence-corrected chi connectivity index (χ4v) is 1.78. The summed E-state index contributed by atoms with van der Waals surface area (Å²) in [6.07, 6.45) is 3.49. The standard InChI is InChI=1S/C13H24N2O/c1-13(2,3)11-15(4)7-6-14-9-12-5-8-16-10-12/h5,8,10,14H,6-7,9,11H2,1-4H3. The van der Waals surface area contributed by atoms with E-state index in [0.29, 0.717) is 5.41 Å². The second kappa shape index (κ2) is 6.06. The highest BCUT2D eigenvalue weighted by Gasteiger charge is 2.12. The summed E-state index contributed by atoms with van der Waals surface area (Å²) in [4.78, 5) is 2.36. The van der Waals surface area contributed by atoms with Gasteiger partial charge in [0.25, 0.3) is 0 Å². The van der Waals surface area contributed by atoms with Crippen LogP contribution in [-0.2, 0) is 6.54 Å². The van der Waals surface area contributed by atoms with Gasteiger partial charge >= 0.3 is 0 Å². The topological polar surface area (TPSA) is 28.4 Å². The summed E-state index contributed by atoms with van der Waals surface area (Å²) < 4.78 is 5.01. The second-order valence-corrected chi connectivity index (χ2v) is 5.61. The van der Waals surface area contributed by atoms with Gasteiger partial charge in [-0.15, -0.1) is 0 Å². The molecule has 0 unspecified atom stereocenters. The summed E-state index contributed by atoms with van der Waals surface area (Å²) in [5.41, 5.74) is 1.58. The minimum atomic E-state index is 0.374. The Hall–Kier alpha value is -0.800. The SMILES string of the molecule is CN(CCNCc1ccoc1)CC(C)(C)C. The minimum absolute atomic E-state index is 0.374. The lowest BCUT2D eigenvalue weighted by atomic mass is 9.96. The number of furan rings is 1. The van der Waals surface area contributed by atoms with Crippen LogP contribution < -0.4 is 5.32 Å². The van der Waals surface area contributed by atoms with Gasteiger partial charge < -0.3 is 14.6 Å². The van der Waals surface area contributed by atoms with Crippen molar-refractivity contribution in [1.82, 2.24) is 10.2 Å². The van der Waals surface area contributed by atoms with Crippen molar-refractivity contribution in [2.45, 2.75) is 27.3 Å². The van der Waals surface area contributed by atoms with Gasteiger partial charge in [-0.1, -0.05) is 20.8 Å². The lowest BCUT2D eigenvalue weighted by Gasteiger charge is -2.26. The molecular formula is C13H24N2O. The fraction of sp³-hybridized carbons (Fsp3) is 0.692. The lowest BCUT2D eigenvalue weighted by molar-refractivity contribution is 0.227. The van der Waals surface area contributed by atoms with E-state index in [1.165, 1.54) is 5.56 Å². The average Bonchev–Trinajstić information content (AvgIpc) is 2.62. The quantitative estimate of drug-likeness (QED) is 0.752. The molecule has 0 radical (unpaired) electrons. The van der Waals surface area contributed by atoms with Crippen LogP contribution in [0.1, 0.15) is 26.3 Å². The highest BCUT2D eigenvalue weighted by atomic mass is 16.3. The molecule has 0 aromatic carbocycles. The summed E-state index contributed by atoms with van der Waals surface area (Å²) in [6, 6.07) is 1.99. The molecular weight excluding hydrogens is 200 g/mol. The zero-order valence-electron chi connectivity index (χ0n) is 10.9. The van der Waals surface area contributed by atoms with Gasteiger partial charge in [0.1, 0.15) is 0 Å². The monoisotopic (exact) mass is 224 g/mol. The third kappa shape index (κ3) is 5.93. The number of likely N-dealkylation sites (N-methyl/N-ethyl adjacent to an activating group) is 1. The van der Waals surface area contributed by atoms with E-state index < -0.39 is 0 Å². The van der Waals surface area contributed by atoms with Crippen LogP contribution in [0.15, 0.2) is 23.0 Å². The third-order valence-electron chi connectivity index (χ3n) is 2.32. The van der Waals surface area contributed by atoms with Gasteiger partial charge in [-0.2, -0.15) is 0 Å². The lowest BCUT2D eigenvalue weighted by Crippen LogP contribution is -2.34. The number of nitrogens with one attached hydrogen (secondary N) is 1. The van der Waals surface area contributed by atoms with Crippen molar-refractivity contribution in [2.75, 3.05) is 26.7 Å². The first-order chi connectivity index (χ1) is 7.47. The predicted octanol–water partition coefficient (Wildman–Crippen LogP) is 2.35. The first-order valence-electron chi connectivity index (χ1n) is 5.88. The fourth-order valence-electron chi connectivity index (χ4n) is 1.78. The Bertz CT molecular complexity index is 275. The van der Waals surface area contributed by atoms with Crippen molar-refractivity contribution in [2.24, 2.45) is 5.41 Å². The van der Waals surface area contributed by atoms with E-state index in [1.807, 2.05) is 6.07 Å². The van der Waals surface area contributed by atoms with Crippen LogP contribution in [0.4, 0.5) is 0 Å². The van der Waals surface area contributed by atoms with Gasteiger partial charge in [-0.05, 0) is 18.5 Å². The van der Waals surface area contributed by atoms with Crippen molar-refractivity contribution >= 4 is 0 Å². The molecule has 0 fully saturated rings. The van der Waals surface area contributed by atoms with Gasteiger partial charge in [-0.25, -0.2) is 0 Å². The van der Waals surface area contributed by atoms with Crippen molar-refractivity contribution in [1.29, 1.82) is 0 Å². The highest BCUT2D eigenvalue weighted by molar-refractivity contribution is 5.04. The maximum absolute atomic E-state index is 5.01. The third-order valence-corrected chi connectivity index (χ3v) is 2.32.